The molecule has 114 valence electrons. The molecule has 1 saturated heterocycles. The van der Waals surface area contributed by atoms with Gasteiger partial charge in [0.25, 0.3) is 0 Å². The first-order valence-corrected chi connectivity index (χ1v) is 7.39. The van der Waals surface area contributed by atoms with Gasteiger partial charge in [-0.05, 0) is 30.3 Å². The van der Waals surface area contributed by atoms with Crippen LogP contribution in [0, 0.1) is 0 Å². The van der Waals surface area contributed by atoms with E-state index in [0.29, 0.717) is 28.6 Å². The number of carbonyl (C=O) groups is 1. The summed E-state index contributed by atoms with van der Waals surface area (Å²) in [5, 5.41) is 10.8. The Morgan fingerprint density at radius 3 is 2.50 bits per heavy atom. The fourth-order valence-electron chi connectivity index (χ4n) is 2.68. The molecule has 1 aliphatic rings. The zero-order valence-electron chi connectivity index (χ0n) is 12.1. The van der Waals surface area contributed by atoms with E-state index in [1.807, 2.05) is 18.2 Å². The summed E-state index contributed by atoms with van der Waals surface area (Å²) in [6.07, 6.45) is -0.729. The number of ether oxygens (including phenoxy) is 1. The van der Waals surface area contributed by atoms with Crippen molar-refractivity contribution in [2.75, 3.05) is 13.6 Å². The Labute approximate surface area is 133 Å². The SMILES string of the molecule is CN1CC(O)C(c2ccccc2Oc2ccc(Cl)cc2)C1=O. The first kappa shape index (κ1) is 14.9. The maximum atomic E-state index is 12.3. The Morgan fingerprint density at radius 1 is 1.18 bits per heavy atom. The summed E-state index contributed by atoms with van der Waals surface area (Å²) in [6, 6.07) is 14.3. The van der Waals surface area contributed by atoms with E-state index in [0.717, 1.165) is 0 Å². The third-order valence-corrected chi connectivity index (χ3v) is 4.04. The van der Waals surface area contributed by atoms with Gasteiger partial charge in [-0.2, -0.15) is 0 Å². The van der Waals surface area contributed by atoms with E-state index < -0.39 is 12.0 Å². The molecule has 4 nitrogen and oxygen atoms in total. The number of likely N-dealkylation sites (N-methyl/N-ethyl adjacent to an activating group) is 1. The van der Waals surface area contributed by atoms with Gasteiger partial charge >= 0.3 is 0 Å². The molecule has 1 fully saturated rings. The topological polar surface area (TPSA) is 49.8 Å². The fourth-order valence-corrected chi connectivity index (χ4v) is 2.80. The molecular weight excluding hydrogens is 302 g/mol. The van der Waals surface area contributed by atoms with Crippen molar-refractivity contribution in [2.45, 2.75) is 12.0 Å². The Hall–Kier alpha value is -2.04. The summed E-state index contributed by atoms with van der Waals surface area (Å²) < 4.78 is 5.87. The highest BCUT2D eigenvalue weighted by atomic mass is 35.5. The van der Waals surface area contributed by atoms with E-state index >= 15 is 0 Å². The highest BCUT2D eigenvalue weighted by Crippen LogP contribution is 2.36. The summed E-state index contributed by atoms with van der Waals surface area (Å²) in [5.41, 5.74) is 0.694. The number of benzene rings is 2. The second kappa shape index (κ2) is 5.99. The lowest BCUT2D eigenvalue weighted by molar-refractivity contribution is -0.128. The second-order valence-electron chi connectivity index (χ2n) is 5.36. The lowest BCUT2D eigenvalue weighted by Crippen LogP contribution is -2.22. The van der Waals surface area contributed by atoms with Crippen LogP contribution < -0.4 is 4.74 Å². The van der Waals surface area contributed by atoms with Gasteiger partial charge in [0.2, 0.25) is 5.91 Å². The molecule has 5 heteroatoms. The van der Waals surface area contributed by atoms with Crippen LogP contribution in [0.15, 0.2) is 48.5 Å². The van der Waals surface area contributed by atoms with Crippen LogP contribution in [0.1, 0.15) is 11.5 Å². The zero-order valence-corrected chi connectivity index (χ0v) is 12.8. The monoisotopic (exact) mass is 317 g/mol. The van der Waals surface area contributed by atoms with Crippen molar-refractivity contribution in [1.82, 2.24) is 4.90 Å². The predicted molar refractivity (Wildman–Crippen MR) is 84.4 cm³/mol. The van der Waals surface area contributed by atoms with E-state index in [1.54, 1.807) is 37.4 Å². The van der Waals surface area contributed by atoms with Gasteiger partial charge in [-0.3, -0.25) is 4.79 Å². The summed E-state index contributed by atoms with van der Waals surface area (Å²) in [5.74, 6) is 0.510. The van der Waals surface area contributed by atoms with Crippen molar-refractivity contribution in [3.05, 3.63) is 59.1 Å². The summed E-state index contributed by atoms with van der Waals surface area (Å²) in [4.78, 5) is 13.8. The lowest BCUT2D eigenvalue weighted by Gasteiger charge is -2.17. The molecule has 2 unspecified atom stereocenters. The normalized spacial score (nSPS) is 21.2. The van der Waals surface area contributed by atoms with Crippen molar-refractivity contribution < 1.29 is 14.6 Å². The lowest BCUT2D eigenvalue weighted by atomic mass is 9.94. The van der Waals surface area contributed by atoms with Crippen molar-refractivity contribution in [3.63, 3.8) is 0 Å². The average molecular weight is 318 g/mol. The van der Waals surface area contributed by atoms with E-state index in [9.17, 15) is 9.90 Å². The molecule has 1 amide bonds. The first-order chi connectivity index (χ1) is 10.6. The number of hydrogen-bond acceptors (Lipinski definition) is 3. The number of β-amino-alcohol motifs (C(OH)–C–C–N with tert-alkyl or cyclic N) is 1. The Bertz CT molecular complexity index is 687. The molecule has 2 aromatic rings. The van der Waals surface area contributed by atoms with Crippen LogP contribution >= 0.6 is 11.6 Å². The molecule has 2 aromatic carbocycles. The molecular formula is C17H16ClNO3. The van der Waals surface area contributed by atoms with Crippen molar-refractivity contribution in [2.24, 2.45) is 0 Å². The van der Waals surface area contributed by atoms with Gasteiger partial charge in [0, 0.05) is 24.2 Å². The number of nitrogens with zero attached hydrogens (tertiary/aromatic N) is 1. The maximum Gasteiger partial charge on any atom is 0.232 e. The van der Waals surface area contributed by atoms with Gasteiger partial charge in [-0.15, -0.1) is 0 Å². The number of hydrogen-bond donors (Lipinski definition) is 1. The van der Waals surface area contributed by atoms with Crippen molar-refractivity contribution in [1.29, 1.82) is 0 Å². The maximum absolute atomic E-state index is 12.3. The number of para-hydroxylation sites is 1. The Balaban J connectivity index is 1.93. The quantitative estimate of drug-likeness (QED) is 0.946. The van der Waals surface area contributed by atoms with E-state index in [-0.39, 0.29) is 5.91 Å². The number of amides is 1. The minimum Gasteiger partial charge on any atom is -0.457 e. The summed E-state index contributed by atoms with van der Waals surface area (Å²) in [7, 11) is 1.69. The molecule has 22 heavy (non-hydrogen) atoms. The minimum atomic E-state index is -0.729. The average Bonchev–Trinajstić information content (AvgIpc) is 2.75. The molecule has 0 spiro atoms. The highest BCUT2D eigenvalue weighted by Gasteiger charge is 2.40. The number of halogens is 1. The van der Waals surface area contributed by atoms with Gasteiger partial charge in [-0.25, -0.2) is 0 Å². The number of likely N-dealkylation sites (tertiary alicyclic amines) is 1. The van der Waals surface area contributed by atoms with Gasteiger partial charge in [-0.1, -0.05) is 29.8 Å². The van der Waals surface area contributed by atoms with E-state index in [4.69, 9.17) is 16.3 Å². The smallest absolute Gasteiger partial charge is 0.232 e. The predicted octanol–water partition coefficient (Wildman–Crippen LogP) is 3.05. The number of aliphatic hydroxyl groups excluding tert-OH is 1. The molecule has 3 rings (SSSR count). The first-order valence-electron chi connectivity index (χ1n) is 7.01. The van der Waals surface area contributed by atoms with Crippen molar-refractivity contribution >= 4 is 17.5 Å². The van der Waals surface area contributed by atoms with E-state index in [1.165, 1.54) is 4.90 Å². The van der Waals surface area contributed by atoms with Gasteiger partial charge in [0.1, 0.15) is 11.5 Å². The third kappa shape index (κ3) is 2.80. The molecule has 1 heterocycles. The molecule has 0 saturated carbocycles. The Kier molecular flexibility index (Phi) is 4.05. The van der Waals surface area contributed by atoms with Crippen LogP contribution in [0.2, 0.25) is 5.02 Å². The molecule has 0 aliphatic carbocycles. The van der Waals surface area contributed by atoms with Gasteiger partial charge in [0.05, 0.1) is 12.0 Å². The molecule has 0 bridgehead atoms. The standard InChI is InChI=1S/C17H16ClNO3/c1-19-10-14(20)16(17(19)21)13-4-2-3-5-15(13)22-12-8-6-11(18)7-9-12/h2-9,14,16,20H,10H2,1H3. The van der Waals surface area contributed by atoms with Crippen LogP contribution in [0.3, 0.4) is 0 Å². The fraction of sp³-hybridized carbons (Fsp3) is 0.235. The van der Waals surface area contributed by atoms with Crippen LogP contribution in [0.4, 0.5) is 0 Å². The van der Waals surface area contributed by atoms with Crippen molar-refractivity contribution in [3.8, 4) is 11.5 Å². The number of carbonyl (C=O) groups excluding carboxylic acids is 1. The van der Waals surface area contributed by atoms with Crippen LogP contribution in [-0.2, 0) is 4.79 Å². The van der Waals surface area contributed by atoms with Crippen LogP contribution in [-0.4, -0.2) is 35.6 Å². The molecule has 0 aromatic heterocycles. The summed E-state index contributed by atoms with van der Waals surface area (Å²) >= 11 is 5.87. The largest absolute Gasteiger partial charge is 0.457 e. The van der Waals surface area contributed by atoms with Gasteiger partial charge < -0.3 is 14.7 Å². The van der Waals surface area contributed by atoms with Crippen LogP contribution in [0.25, 0.3) is 0 Å². The second-order valence-corrected chi connectivity index (χ2v) is 5.79. The third-order valence-electron chi connectivity index (χ3n) is 3.78. The molecule has 1 N–H and O–H groups in total. The van der Waals surface area contributed by atoms with Gasteiger partial charge in [0.15, 0.2) is 0 Å². The number of aliphatic hydroxyl groups is 1. The summed E-state index contributed by atoms with van der Waals surface area (Å²) in [6.45, 7) is 0.332. The molecule has 2 atom stereocenters. The number of rotatable bonds is 3. The minimum absolute atomic E-state index is 0.0975. The Morgan fingerprint density at radius 2 is 1.86 bits per heavy atom. The zero-order chi connectivity index (χ0) is 15.7. The van der Waals surface area contributed by atoms with E-state index in [2.05, 4.69) is 0 Å². The highest BCUT2D eigenvalue weighted by molar-refractivity contribution is 6.30. The molecule has 0 radical (unpaired) electrons. The molecule has 1 aliphatic heterocycles. The van der Waals surface area contributed by atoms with Crippen LogP contribution in [0.5, 0.6) is 11.5 Å².